The van der Waals surface area contributed by atoms with E-state index in [4.69, 9.17) is 14.6 Å². The van der Waals surface area contributed by atoms with Crippen molar-refractivity contribution in [3.8, 4) is 23.3 Å². The molecular formula is C21H18FNO4. The van der Waals surface area contributed by atoms with Gasteiger partial charge in [0.2, 0.25) is 6.79 Å². The summed E-state index contributed by atoms with van der Waals surface area (Å²) in [5.74, 6) is 6.14. The molecule has 0 saturated carbocycles. The van der Waals surface area contributed by atoms with Gasteiger partial charge in [-0.2, -0.15) is 0 Å². The van der Waals surface area contributed by atoms with Gasteiger partial charge in [-0.1, -0.05) is 30.0 Å². The summed E-state index contributed by atoms with van der Waals surface area (Å²) < 4.78 is 24.2. The number of ether oxygens (including phenoxy) is 2. The Morgan fingerprint density at radius 2 is 2.07 bits per heavy atom. The number of aliphatic carboxylic acids is 1. The maximum atomic E-state index is 13.6. The smallest absolute Gasteiger partial charge is 0.317 e. The monoisotopic (exact) mass is 367 g/mol. The number of halogens is 1. The second-order valence-corrected chi connectivity index (χ2v) is 6.04. The summed E-state index contributed by atoms with van der Waals surface area (Å²) in [5.41, 5.74) is 1.98. The second-order valence-electron chi connectivity index (χ2n) is 6.04. The fourth-order valence-corrected chi connectivity index (χ4v) is 2.55. The Labute approximate surface area is 156 Å². The molecule has 2 aromatic rings. The summed E-state index contributed by atoms with van der Waals surface area (Å²) in [6.45, 7) is 0.465. The minimum absolute atomic E-state index is 0.0947. The van der Waals surface area contributed by atoms with Gasteiger partial charge in [-0.3, -0.25) is 9.69 Å². The highest BCUT2D eigenvalue weighted by Gasteiger charge is 2.12. The first-order valence-electron chi connectivity index (χ1n) is 8.29. The van der Waals surface area contributed by atoms with E-state index in [1.807, 2.05) is 6.07 Å². The number of carboxylic acids is 1. The number of hydrogen-bond donors (Lipinski definition) is 1. The molecule has 0 unspecified atom stereocenters. The van der Waals surface area contributed by atoms with Crippen molar-refractivity contribution in [2.45, 2.75) is 0 Å². The van der Waals surface area contributed by atoms with E-state index in [0.29, 0.717) is 29.2 Å². The average Bonchev–Trinajstić information content (AvgIpc) is 3.09. The van der Waals surface area contributed by atoms with Crippen LogP contribution in [-0.4, -0.2) is 42.9 Å². The zero-order valence-electron chi connectivity index (χ0n) is 14.7. The van der Waals surface area contributed by atoms with E-state index < -0.39 is 5.97 Å². The molecule has 27 heavy (non-hydrogen) atoms. The summed E-state index contributed by atoms with van der Waals surface area (Å²) in [7, 11) is 1.69. The van der Waals surface area contributed by atoms with E-state index in [2.05, 4.69) is 11.8 Å². The molecule has 0 amide bonds. The maximum Gasteiger partial charge on any atom is 0.317 e. The summed E-state index contributed by atoms with van der Waals surface area (Å²) in [6, 6.07) is 11.5. The first-order chi connectivity index (χ1) is 13.0. The number of carboxylic acid groups (broad SMARTS) is 1. The predicted molar refractivity (Wildman–Crippen MR) is 99.0 cm³/mol. The van der Waals surface area contributed by atoms with Crippen molar-refractivity contribution >= 4 is 11.5 Å². The molecule has 0 spiro atoms. The minimum Gasteiger partial charge on any atom is -0.480 e. The van der Waals surface area contributed by atoms with E-state index >= 15 is 0 Å². The van der Waals surface area contributed by atoms with Gasteiger partial charge in [0.1, 0.15) is 5.82 Å². The van der Waals surface area contributed by atoms with Crippen LogP contribution in [0.1, 0.15) is 11.1 Å². The van der Waals surface area contributed by atoms with E-state index in [9.17, 15) is 9.18 Å². The van der Waals surface area contributed by atoms with Gasteiger partial charge in [0.05, 0.1) is 6.54 Å². The predicted octanol–water partition coefficient (Wildman–Crippen LogP) is 3.01. The first-order valence-corrected chi connectivity index (χ1v) is 8.29. The van der Waals surface area contributed by atoms with Gasteiger partial charge in [-0.15, -0.1) is 0 Å². The van der Waals surface area contributed by atoms with Crippen molar-refractivity contribution in [1.82, 2.24) is 4.90 Å². The number of benzene rings is 2. The van der Waals surface area contributed by atoms with E-state index in [-0.39, 0.29) is 19.2 Å². The van der Waals surface area contributed by atoms with Gasteiger partial charge in [-0.25, -0.2) is 4.39 Å². The Morgan fingerprint density at radius 3 is 2.85 bits per heavy atom. The Kier molecular flexibility index (Phi) is 5.74. The molecular weight excluding hydrogens is 349 g/mol. The van der Waals surface area contributed by atoms with Crippen molar-refractivity contribution in [3.05, 3.63) is 65.5 Å². The highest BCUT2D eigenvalue weighted by molar-refractivity contribution is 5.80. The molecule has 138 valence electrons. The Hall–Kier alpha value is -3.30. The van der Waals surface area contributed by atoms with Crippen LogP contribution in [0.4, 0.5) is 4.39 Å². The Bertz CT molecular complexity index is 943. The number of nitrogens with zero attached hydrogens (tertiary/aromatic N) is 1. The molecule has 0 aromatic heterocycles. The normalized spacial score (nSPS) is 12.6. The largest absolute Gasteiger partial charge is 0.480 e. The topological polar surface area (TPSA) is 59.0 Å². The molecule has 5 nitrogen and oxygen atoms in total. The van der Waals surface area contributed by atoms with E-state index in [1.54, 1.807) is 42.3 Å². The lowest BCUT2D eigenvalue weighted by Crippen LogP contribution is -2.25. The molecule has 1 N–H and O–H groups in total. The summed E-state index contributed by atoms with van der Waals surface area (Å²) in [6.07, 6.45) is 1.79. The van der Waals surface area contributed by atoms with Gasteiger partial charge in [0.25, 0.3) is 0 Å². The minimum atomic E-state index is -0.912. The quantitative estimate of drug-likeness (QED) is 0.824. The van der Waals surface area contributed by atoms with Crippen LogP contribution >= 0.6 is 0 Å². The van der Waals surface area contributed by atoms with Crippen molar-refractivity contribution in [2.24, 2.45) is 0 Å². The summed E-state index contributed by atoms with van der Waals surface area (Å²) in [4.78, 5) is 12.4. The maximum absolute atomic E-state index is 13.6. The third kappa shape index (κ3) is 5.09. The van der Waals surface area contributed by atoms with Crippen LogP contribution in [0, 0.1) is 17.7 Å². The molecule has 0 atom stereocenters. The number of allylic oxidation sites excluding steroid dienone is 1. The van der Waals surface area contributed by atoms with Gasteiger partial charge in [0, 0.05) is 17.7 Å². The lowest BCUT2D eigenvalue weighted by molar-refractivity contribution is -0.137. The number of rotatable bonds is 5. The molecule has 0 fully saturated rings. The molecule has 0 saturated heterocycles. The lowest BCUT2D eigenvalue weighted by Gasteiger charge is -2.11. The number of fused-ring (bicyclic) bond motifs is 1. The van der Waals surface area contributed by atoms with Crippen LogP contribution in [-0.2, 0) is 4.79 Å². The molecule has 6 heteroatoms. The summed E-state index contributed by atoms with van der Waals surface area (Å²) in [5, 5.41) is 8.87. The Morgan fingerprint density at radius 1 is 1.26 bits per heavy atom. The van der Waals surface area contributed by atoms with Gasteiger partial charge >= 0.3 is 5.97 Å². The SMILES string of the molecule is CN(C/C=C(/C#Cc1ccc2c(c1)OCO2)c1cccc(F)c1)CC(=O)O. The number of hydrogen-bond acceptors (Lipinski definition) is 4. The highest BCUT2D eigenvalue weighted by Crippen LogP contribution is 2.32. The van der Waals surface area contributed by atoms with Crippen LogP contribution in [0.15, 0.2) is 48.5 Å². The van der Waals surface area contributed by atoms with E-state index in [1.165, 1.54) is 12.1 Å². The standard InChI is InChI=1S/C21H18FNO4/c1-23(13-21(24)25)10-9-16(17-3-2-4-18(22)12-17)7-5-15-6-8-19-20(11-15)27-14-26-19/h2-4,6,8-9,11-12H,10,13-14H2,1H3,(H,24,25)/b16-9-. The lowest BCUT2D eigenvalue weighted by atomic mass is 10.0. The third-order valence-corrected chi connectivity index (χ3v) is 3.86. The average molecular weight is 367 g/mol. The molecule has 2 aromatic carbocycles. The van der Waals surface area contributed by atoms with Crippen molar-refractivity contribution in [1.29, 1.82) is 0 Å². The van der Waals surface area contributed by atoms with Crippen molar-refractivity contribution in [3.63, 3.8) is 0 Å². The molecule has 1 aliphatic rings. The fraction of sp³-hybridized carbons (Fsp3) is 0.190. The van der Waals surface area contributed by atoms with Crippen LogP contribution in [0.5, 0.6) is 11.5 Å². The zero-order chi connectivity index (χ0) is 19.2. The van der Waals surface area contributed by atoms with Crippen LogP contribution < -0.4 is 9.47 Å². The van der Waals surface area contributed by atoms with Crippen LogP contribution in [0.25, 0.3) is 5.57 Å². The third-order valence-electron chi connectivity index (χ3n) is 3.86. The fourth-order valence-electron chi connectivity index (χ4n) is 2.55. The molecule has 3 rings (SSSR count). The molecule has 1 heterocycles. The molecule has 0 bridgehead atoms. The number of carbonyl (C=O) groups is 1. The van der Waals surface area contributed by atoms with Gasteiger partial charge < -0.3 is 14.6 Å². The number of likely N-dealkylation sites (N-methyl/N-ethyl adjacent to an activating group) is 1. The molecule has 0 aliphatic carbocycles. The highest BCUT2D eigenvalue weighted by atomic mass is 19.1. The first kappa shape index (κ1) is 18.5. The zero-order valence-corrected chi connectivity index (χ0v) is 14.7. The van der Waals surface area contributed by atoms with Crippen molar-refractivity contribution in [2.75, 3.05) is 26.9 Å². The summed E-state index contributed by atoms with van der Waals surface area (Å²) >= 11 is 0. The van der Waals surface area contributed by atoms with Crippen LogP contribution in [0.3, 0.4) is 0 Å². The van der Waals surface area contributed by atoms with Gasteiger partial charge in [-0.05, 0) is 42.9 Å². The Balaban J connectivity index is 1.87. The van der Waals surface area contributed by atoms with E-state index in [0.717, 1.165) is 5.56 Å². The van der Waals surface area contributed by atoms with Crippen LogP contribution in [0.2, 0.25) is 0 Å². The molecule has 1 aliphatic heterocycles. The second kappa shape index (κ2) is 8.39. The molecule has 0 radical (unpaired) electrons. The van der Waals surface area contributed by atoms with Crippen molar-refractivity contribution < 1.29 is 23.8 Å². The van der Waals surface area contributed by atoms with Gasteiger partial charge in [0.15, 0.2) is 11.5 Å².